The maximum Gasteiger partial charge on any atom is 0.286 e. The van der Waals surface area contributed by atoms with Gasteiger partial charge in [0.2, 0.25) is 5.91 Å². The van der Waals surface area contributed by atoms with Crippen LogP contribution >= 0.6 is 0 Å². The molecule has 0 saturated heterocycles. The predicted molar refractivity (Wildman–Crippen MR) is 106 cm³/mol. The quantitative estimate of drug-likeness (QED) is 0.527. The SMILES string of the molecule is CC(=O)N/C(=C\c1ccccc1)C(=O)NNC(=O)COc1c(C)cccc1C. The molecule has 0 atom stereocenters. The molecule has 3 amide bonds. The van der Waals surface area contributed by atoms with Crippen molar-refractivity contribution in [2.45, 2.75) is 20.8 Å². The second-order valence-electron chi connectivity index (χ2n) is 6.16. The lowest BCUT2D eigenvalue weighted by Gasteiger charge is -2.13. The third-order valence-electron chi connectivity index (χ3n) is 3.74. The maximum absolute atomic E-state index is 12.3. The normalized spacial score (nSPS) is 10.8. The van der Waals surface area contributed by atoms with E-state index in [1.165, 1.54) is 13.0 Å². The Kier molecular flexibility index (Phi) is 7.33. The van der Waals surface area contributed by atoms with Crippen LogP contribution in [0.3, 0.4) is 0 Å². The van der Waals surface area contributed by atoms with Crippen molar-refractivity contribution in [2.24, 2.45) is 0 Å². The lowest BCUT2D eigenvalue weighted by Crippen LogP contribution is -2.46. The summed E-state index contributed by atoms with van der Waals surface area (Å²) in [6, 6.07) is 14.7. The molecule has 2 rings (SSSR count). The summed E-state index contributed by atoms with van der Waals surface area (Å²) >= 11 is 0. The molecular formula is C21H23N3O4. The van der Waals surface area contributed by atoms with E-state index in [1.807, 2.05) is 50.2 Å². The minimum atomic E-state index is -0.653. The molecule has 0 radical (unpaired) electrons. The van der Waals surface area contributed by atoms with Crippen LogP contribution in [0.1, 0.15) is 23.6 Å². The fourth-order valence-electron chi connectivity index (χ4n) is 2.46. The van der Waals surface area contributed by atoms with Gasteiger partial charge in [0.1, 0.15) is 11.4 Å². The van der Waals surface area contributed by atoms with Gasteiger partial charge in [-0.3, -0.25) is 25.2 Å². The summed E-state index contributed by atoms with van der Waals surface area (Å²) < 4.78 is 5.53. The van der Waals surface area contributed by atoms with E-state index in [4.69, 9.17) is 4.74 Å². The molecule has 0 aromatic heterocycles. The Labute approximate surface area is 163 Å². The summed E-state index contributed by atoms with van der Waals surface area (Å²) in [6.45, 7) is 4.80. The van der Waals surface area contributed by atoms with Crippen LogP contribution in [-0.4, -0.2) is 24.3 Å². The van der Waals surface area contributed by atoms with E-state index in [2.05, 4.69) is 16.2 Å². The summed E-state index contributed by atoms with van der Waals surface area (Å²) in [5.41, 5.74) is 7.11. The number of nitrogens with one attached hydrogen (secondary N) is 3. The first-order chi connectivity index (χ1) is 13.4. The first-order valence-electron chi connectivity index (χ1n) is 8.69. The van der Waals surface area contributed by atoms with Crippen LogP contribution in [0.25, 0.3) is 6.08 Å². The van der Waals surface area contributed by atoms with Crippen molar-refractivity contribution in [2.75, 3.05) is 6.61 Å². The third kappa shape index (κ3) is 6.28. The van der Waals surface area contributed by atoms with Gasteiger partial charge < -0.3 is 10.1 Å². The number of para-hydroxylation sites is 1. The summed E-state index contributed by atoms with van der Waals surface area (Å²) in [7, 11) is 0. The average molecular weight is 381 g/mol. The van der Waals surface area contributed by atoms with Gasteiger partial charge in [-0.15, -0.1) is 0 Å². The van der Waals surface area contributed by atoms with Crippen molar-refractivity contribution in [3.8, 4) is 5.75 Å². The molecule has 0 aliphatic rings. The Morgan fingerprint density at radius 1 is 0.929 bits per heavy atom. The number of amides is 3. The molecule has 2 aromatic carbocycles. The zero-order chi connectivity index (χ0) is 20.5. The van der Waals surface area contributed by atoms with E-state index < -0.39 is 17.7 Å². The van der Waals surface area contributed by atoms with E-state index >= 15 is 0 Å². The second kappa shape index (κ2) is 9.91. The standard InChI is InChI=1S/C21H23N3O4/c1-14-8-7-9-15(2)20(14)28-13-19(26)23-24-21(27)18(22-16(3)25)12-17-10-5-4-6-11-17/h4-12H,13H2,1-3H3,(H,22,25)(H,23,26)(H,24,27)/b18-12-. The van der Waals surface area contributed by atoms with Crippen LogP contribution < -0.4 is 20.9 Å². The summed E-state index contributed by atoms with van der Waals surface area (Å²) in [4.78, 5) is 35.7. The van der Waals surface area contributed by atoms with Gasteiger partial charge in [0, 0.05) is 6.92 Å². The Bertz CT molecular complexity index is 872. The van der Waals surface area contributed by atoms with Gasteiger partial charge >= 0.3 is 0 Å². The fraction of sp³-hybridized carbons (Fsp3) is 0.190. The molecule has 7 heteroatoms. The average Bonchev–Trinajstić information content (AvgIpc) is 2.65. The molecule has 2 aromatic rings. The molecule has 7 nitrogen and oxygen atoms in total. The molecule has 0 heterocycles. The molecule has 0 spiro atoms. The molecule has 146 valence electrons. The molecule has 0 saturated carbocycles. The molecular weight excluding hydrogens is 358 g/mol. The number of ether oxygens (including phenoxy) is 1. The van der Waals surface area contributed by atoms with Crippen molar-refractivity contribution >= 4 is 23.8 Å². The number of hydrogen-bond donors (Lipinski definition) is 3. The van der Waals surface area contributed by atoms with Gasteiger partial charge in [-0.05, 0) is 36.6 Å². The number of hydrogen-bond acceptors (Lipinski definition) is 4. The van der Waals surface area contributed by atoms with Crippen LogP contribution in [0.4, 0.5) is 0 Å². The van der Waals surface area contributed by atoms with Crippen molar-refractivity contribution in [1.82, 2.24) is 16.2 Å². The number of benzene rings is 2. The number of carbonyl (C=O) groups is 3. The summed E-state index contributed by atoms with van der Waals surface area (Å²) in [5.74, 6) is -0.953. The summed E-state index contributed by atoms with van der Waals surface area (Å²) in [6.07, 6.45) is 1.51. The highest BCUT2D eigenvalue weighted by Gasteiger charge is 2.13. The third-order valence-corrected chi connectivity index (χ3v) is 3.74. The topological polar surface area (TPSA) is 96.5 Å². The number of rotatable bonds is 6. The van der Waals surface area contributed by atoms with Gasteiger partial charge in [-0.1, -0.05) is 48.5 Å². The highest BCUT2D eigenvalue weighted by atomic mass is 16.5. The molecule has 0 bridgehead atoms. The molecule has 3 N–H and O–H groups in total. The van der Waals surface area contributed by atoms with Crippen LogP contribution in [0, 0.1) is 13.8 Å². The lowest BCUT2D eigenvalue weighted by atomic mass is 10.1. The van der Waals surface area contributed by atoms with E-state index in [1.54, 1.807) is 12.1 Å². The monoisotopic (exact) mass is 381 g/mol. The van der Waals surface area contributed by atoms with Gasteiger partial charge in [0.25, 0.3) is 11.8 Å². The highest BCUT2D eigenvalue weighted by molar-refractivity contribution is 6.01. The lowest BCUT2D eigenvalue weighted by molar-refractivity contribution is -0.129. The number of aryl methyl sites for hydroxylation is 2. The summed E-state index contributed by atoms with van der Waals surface area (Å²) in [5, 5.41) is 2.45. The minimum absolute atomic E-state index is 0.00895. The number of hydrazine groups is 1. The van der Waals surface area contributed by atoms with Gasteiger partial charge in [0.15, 0.2) is 6.61 Å². The minimum Gasteiger partial charge on any atom is -0.483 e. The second-order valence-corrected chi connectivity index (χ2v) is 6.16. The Morgan fingerprint density at radius 2 is 1.57 bits per heavy atom. The largest absolute Gasteiger partial charge is 0.483 e. The maximum atomic E-state index is 12.3. The molecule has 0 aliphatic heterocycles. The van der Waals surface area contributed by atoms with Crippen LogP contribution in [0.2, 0.25) is 0 Å². The van der Waals surface area contributed by atoms with Crippen molar-refractivity contribution in [3.05, 3.63) is 70.9 Å². The van der Waals surface area contributed by atoms with Crippen LogP contribution in [-0.2, 0) is 14.4 Å². The molecule has 0 fully saturated rings. The fourth-order valence-corrected chi connectivity index (χ4v) is 2.46. The number of carbonyl (C=O) groups excluding carboxylic acids is 3. The first-order valence-corrected chi connectivity index (χ1v) is 8.69. The van der Waals surface area contributed by atoms with Crippen LogP contribution in [0.15, 0.2) is 54.2 Å². The zero-order valence-corrected chi connectivity index (χ0v) is 16.0. The molecule has 0 unspecified atom stereocenters. The van der Waals surface area contributed by atoms with Crippen molar-refractivity contribution in [3.63, 3.8) is 0 Å². The van der Waals surface area contributed by atoms with Gasteiger partial charge in [-0.2, -0.15) is 0 Å². The van der Waals surface area contributed by atoms with E-state index in [-0.39, 0.29) is 12.3 Å². The Balaban J connectivity index is 1.95. The first kappa shape index (κ1) is 20.7. The van der Waals surface area contributed by atoms with E-state index in [0.29, 0.717) is 5.75 Å². The van der Waals surface area contributed by atoms with E-state index in [9.17, 15) is 14.4 Å². The van der Waals surface area contributed by atoms with Gasteiger partial charge in [-0.25, -0.2) is 0 Å². The predicted octanol–water partition coefficient (Wildman–Crippen LogP) is 2.01. The molecule has 0 aliphatic carbocycles. The zero-order valence-electron chi connectivity index (χ0n) is 16.0. The smallest absolute Gasteiger partial charge is 0.286 e. The van der Waals surface area contributed by atoms with Crippen molar-refractivity contribution < 1.29 is 19.1 Å². The highest BCUT2D eigenvalue weighted by Crippen LogP contribution is 2.21. The molecule has 28 heavy (non-hydrogen) atoms. The Morgan fingerprint density at radius 3 is 2.18 bits per heavy atom. The van der Waals surface area contributed by atoms with Crippen LogP contribution in [0.5, 0.6) is 5.75 Å². The van der Waals surface area contributed by atoms with Crippen molar-refractivity contribution in [1.29, 1.82) is 0 Å². The Hall–Kier alpha value is -3.61. The van der Waals surface area contributed by atoms with Gasteiger partial charge in [0.05, 0.1) is 0 Å². The van der Waals surface area contributed by atoms with E-state index in [0.717, 1.165) is 16.7 Å².